The maximum atomic E-state index is 13.8. The first kappa shape index (κ1) is 21.6. The maximum absolute atomic E-state index is 13.8. The van der Waals surface area contributed by atoms with Crippen LogP contribution in [0, 0.1) is 0 Å². The van der Waals surface area contributed by atoms with Gasteiger partial charge < -0.3 is 18.8 Å². The number of carbonyl (C=O) groups excluding carboxylic acids is 1. The molecule has 0 aliphatic carbocycles. The number of aryl methyl sites for hydroxylation is 2. The molecule has 1 N–H and O–H groups in total. The van der Waals surface area contributed by atoms with E-state index in [1.807, 2.05) is 54.6 Å². The van der Waals surface area contributed by atoms with E-state index in [9.17, 15) is 19.5 Å². The molecule has 0 spiro atoms. The zero-order chi connectivity index (χ0) is 25.3. The van der Waals surface area contributed by atoms with Gasteiger partial charge in [0.25, 0.3) is 5.56 Å². The number of rotatable bonds is 2. The van der Waals surface area contributed by atoms with Gasteiger partial charge in [-0.05, 0) is 47.1 Å². The Hall–Kier alpha value is -4.65. The highest BCUT2D eigenvalue weighted by Crippen LogP contribution is 2.48. The predicted octanol–water partition coefficient (Wildman–Crippen LogP) is 4.87. The van der Waals surface area contributed by atoms with E-state index in [0.717, 1.165) is 34.9 Å². The molecule has 7 nitrogen and oxygen atoms in total. The first-order chi connectivity index (χ1) is 18.0. The number of phenolic OH excluding ortho intramolecular Hbond substituents is 1. The summed E-state index contributed by atoms with van der Waals surface area (Å²) < 4.78 is 13.0. The van der Waals surface area contributed by atoms with Gasteiger partial charge in [-0.25, -0.2) is 4.79 Å². The quantitative estimate of drug-likeness (QED) is 0.215. The molecule has 2 aliphatic rings. The highest BCUT2D eigenvalue weighted by Gasteiger charge is 2.36. The van der Waals surface area contributed by atoms with Crippen molar-refractivity contribution in [2.24, 2.45) is 0 Å². The molecular weight excluding hydrogens is 470 g/mol. The first-order valence-electron chi connectivity index (χ1n) is 12.2. The second-order valence-corrected chi connectivity index (χ2v) is 9.61. The van der Waals surface area contributed by atoms with Gasteiger partial charge in [-0.1, -0.05) is 48.5 Å². The van der Waals surface area contributed by atoms with Gasteiger partial charge in [0.05, 0.1) is 17.5 Å². The van der Waals surface area contributed by atoms with E-state index in [4.69, 9.17) is 9.15 Å². The van der Waals surface area contributed by atoms with Crippen LogP contribution in [0.3, 0.4) is 0 Å². The fourth-order valence-electron chi connectivity index (χ4n) is 5.90. The summed E-state index contributed by atoms with van der Waals surface area (Å²) in [6.07, 6.45) is 1.63. The number of nitrogens with zero attached hydrogens (tertiary/aromatic N) is 1. The SMILES string of the molecule is O=C1CC(c2cc3cccc4c3n(c2=O)CCC4)c2c(c(O)cc3c(-c4ccccc4)cc(=O)oc23)O1. The van der Waals surface area contributed by atoms with Crippen LogP contribution in [-0.4, -0.2) is 15.6 Å². The van der Waals surface area contributed by atoms with Gasteiger partial charge in [-0.2, -0.15) is 0 Å². The van der Waals surface area contributed by atoms with E-state index in [1.54, 1.807) is 4.57 Å². The van der Waals surface area contributed by atoms with Gasteiger partial charge in [0.1, 0.15) is 5.58 Å². The second kappa shape index (κ2) is 7.93. The van der Waals surface area contributed by atoms with Crippen molar-refractivity contribution in [3.8, 4) is 22.6 Å². The van der Waals surface area contributed by atoms with E-state index < -0.39 is 17.5 Å². The van der Waals surface area contributed by atoms with Crippen LogP contribution in [0.5, 0.6) is 11.5 Å². The molecule has 0 amide bonds. The third-order valence-corrected chi connectivity index (χ3v) is 7.45. The lowest BCUT2D eigenvalue weighted by molar-refractivity contribution is -0.135. The minimum Gasteiger partial charge on any atom is -0.504 e. The molecule has 0 saturated heterocycles. The molecule has 1 unspecified atom stereocenters. The van der Waals surface area contributed by atoms with E-state index in [2.05, 4.69) is 0 Å². The Morgan fingerprint density at radius 2 is 1.78 bits per heavy atom. The minimum absolute atomic E-state index is 0.0750. The summed E-state index contributed by atoms with van der Waals surface area (Å²) in [7, 11) is 0. The van der Waals surface area contributed by atoms with Gasteiger partial charge in [0.2, 0.25) is 0 Å². The van der Waals surface area contributed by atoms with Crippen LogP contribution in [0.1, 0.15) is 35.4 Å². The van der Waals surface area contributed by atoms with Crippen molar-refractivity contribution in [1.29, 1.82) is 0 Å². The lowest BCUT2D eigenvalue weighted by Gasteiger charge is -2.28. The van der Waals surface area contributed by atoms with Gasteiger partial charge in [-0.3, -0.25) is 9.59 Å². The number of aromatic hydroxyl groups is 1. The van der Waals surface area contributed by atoms with Gasteiger partial charge in [0.15, 0.2) is 11.5 Å². The average molecular weight is 491 g/mol. The summed E-state index contributed by atoms with van der Waals surface area (Å²) in [5.74, 6) is -1.66. The summed E-state index contributed by atoms with van der Waals surface area (Å²) >= 11 is 0. The smallest absolute Gasteiger partial charge is 0.336 e. The fraction of sp³-hybridized carbons (Fsp3) is 0.167. The summed E-state index contributed by atoms with van der Waals surface area (Å²) in [4.78, 5) is 39.3. The van der Waals surface area contributed by atoms with Crippen LogP contribution in [0.4, 0.5) is 0 Å². The van der Waals surface area contributed by atoms with Gasteiger partial charge >= 0.3 is 11.6 Å². The Balaban J connectivity index is 1.56. The summed E-state index contributed by atoms with van der Waals surface area (Å²) in [6, 6.07) is 19.9. The topological polar surface area (TPSA) is 98.7 Å². The summed E-state index contributed by atoms with van der Waals surface area (Å²) in [6.45, 7) is 0.582. The molecule has 0 fully saturated rings. The Morgan fingerprint density at radius 3 is 2.62 bits per heavy atom. The Bertz CT molecular complexity index is 1880. The predicted molar refractivity (Wildman–Crippen MR) is 138 cm³/mol. The Kier molecular flexibility index (Phi) is 4.63. The van der Waals surface area contributed by atoms with Crippen molar-refractivity contribution < 1.29 is 19.1 Å². The van der Waals surface area contributed by atoms with E-state index in [-0.39, 0.29) is 29.1 Å². The normalized spacial score (nSPS) is 16.5. The highest BCUT2D eigenvalue weighted by molar-refractivity contribution is 5.99. The number of carbonyl (C=O) groups is 1. The lowest BCUT2D eigenvalue weighted by Crippen LogP contribution is -2.31. The number of benzene rings is 3. The molecule has 1 atom stereocenters. The molecule has 0 bridgehead atoms. The summed E-state index contributed by atoms with van der Waals surface area (Å²) in [5, 5.41) is 12.4. The van der Waals surface area contributed by atoms with Crippen molar-refractivity contribution in [2.45, 2.75) is 31.7 Å². The molecule has 7 heteroatoms. The van der Waals surface area contributed by atoms with E-state index in [0.29, 0.717) is 28.6 Å². The van der Waals surface area contributed by atoms with Crippen LogP contribution in [0.25, 0.3) is 33.0 Å². The van der Waals surface area contributed by atoms with Crippen LogP contribution >= 0.6 is 0 Å². The molecule has 182 valence electrons. The third kappa shape index (κ3) is 3.24. The fourth-order valence-corrected chi connectivity index (χ4v) is 5.90. The number of aromatic nitrogens is 1. The lowest BCUT2D eigenvalue weighted by atomic mass is 9.84. The van der Waals surface area contributed by atoms with Gasteiger partial charge in [0, 0.05) is 29.5 Å². The maximum Gasteiger partial charge on any atom is 0.336 e. The van der Waals surface area contributed by atoms with Crippen molar-refractivity contribution in [1.82, 2.24) is 4.57 Å². The van der Waals surface area contributed by atoms with Gasteiger partial charge in [-0.15, -0.1) is 0 Å². The number of fused-ring (bicyclic) bond motifs is 3. The highest BCUT2D eigenvalue weighted by atomic mass is 16.5. The molecule has 7 rings (SSSR count). The second-order valence-electron chi connectivity index (χ2n) is 9.61. The van der Waals surface area contributed by atoms with E-state index in [1.165, 1.54) is 12.1 Å². The molecular formula is C30H21NO6. The largest absolute Gasteiger partial charge is 0.504 e. The van der Waals surface area contributed by atoms with Crippen LogP contribution in [-0.2, 0) is 17.8 Å². The summed E-state index contributed by atoms with van der Waals surface area (Å²) in [5.41, 5.74) is 3.56. The number of ether oxygens (including phenoxy) is 1. The van der Waals surface area contributed by atoms with Crippen LogP contribution < -0.4 is 15.9 Å². The zero-order valence-electron chi connectivity index (χ0n) is 19.7. The Morgan fingerprint density at radius 1 is 0.946 bits per heavy atom. The number of para-hydroxylation sites is 1. The zero-order valence-corrected chi connectivity index (χ0v) is 19.7. The molecule has 37 heavy (non-hydrogen) atoms. The minimum atomic E-state index is -0.758. The average Bonchev–Trinajstić information content (AvgIpc) is 2.91. The van der Waals surface area contributed by atoms with Crippen molar-refractivity contribution in [3.05, 3.63) is 104 Å². The molecule has 3 aromatic carbocycles. The number of pyridine rings is 1. The van der Waals surface area contributed by atoms with Crippen LogP contribution in [0.2, 0.25) is 0 Å². The molecule has 0 radical (unpaired) electrons. The van der Waals surface area contributed by atoms with Crippen molar-refractivity contribution >= 4 is 27.8 Å². The Labute approximate surface area is 210 Å². The standard InChI is InChI=1S/C30H21NO6/c32-23-13-21-19(16-6-2-1-3-7-16)14-24(33)36-28(21)26-20(15-25(34)37-29(23)26)22-12-18-9-4-8-17-10-5-11-31(27(17)18)30(22)35/h1-4,6-9,12-14,20,32H,5,10-11,15H2. The molecule has 4 heterocycles. The monoisotopic (exact) mass is 491 g/mol. The van der Waals surface area contributed by atoms with Crippen molar-refractivity contribution in [3.63, 3.8) is 0 Å². The van der Waals surface area contributed by atoms with E-state index >= 15 is 0 Å². The molecule has 0 saturated carbocycles. The number of esters is 1. The molecule has 2 aromatic heterocycles. The number of phenols is 1. The van der Waals surface area contributed by atoms with Crippen LogP contribution in [0.15, 0.2) is 80.7 Å². The van der Waals surface area contributed by atoms with Crippen molar-refractivity contribution in [2.75, 3.05) is 0 Å². The molecule has 2 aliphatic heterocycles. The number of hydrogen-bond acceptors (Lipinski definition) is 6. The number of hydrogen-bond donors (Lipinski definition) is 1. The molecule has 5 aromatic rings. The first-order valence-corrected chi connectivity index (χ1v) is 12.2. The third-order valence-electron chi connectivity index (χ3n) is 7.45.